The Morgan fingerprint density at radius 2 is 1.73 bits per heavy atom. The summed E-state index contributed by atoms with van der Waals surface area (Å²) in [5.74, 6) is 1.93. The fraction of sp³-hybridized carbons (Fsp3) is 0.333. The van der Waals surface area contributed by atoms with Crippen molar-refractivity contribution in [3.8, 4) is 34.8 Å². The number of fused-ring (bicyclic) bond motifs is 1. The van der Waals surface area contributed by atoms with E-state index in [9.17, 15) is 10.1 Å². The van der Waals surface area contributed by atoms with E-state index in [-0.39, 0.29) is 23.8 Å². The molecule has 8 heteroatoms. The number of aryl methyl sites for hydroxylation is 2. The number of allylic oxidation sites excluding steroid dienone is 1. The largest absolute Gasteiger partial charge is 0.490 e. The van der Waals surface area contributed by atoms with E-state index in [4.69, 9.17) is 29.4 Å². The van der Waals surface area contributed by atoms with Crippen LogP contribution < -0.4 is 29.4 Å². The lowest BCUT2D eigenvalue weighted by Crippen LogP contribution is -2.22. The van der Waals surface area contributed by atoms with Crippen molar-refractivity contribution in [1.82, 2.24) is 0 Å². The van der Waals surface area contributed by atoms with Gasteiger partial charge >= 0.3 is 5.97 Å². The van der Waals surface area contributed by atoms with Crippen molar-refractivity contribution >= 4 is 5.97 Å². The van der Waals surface area contributed by atoms with Crippen LogP contribution in [-0.4, -0.2) is 25.8 Å². The van der Waals surface area contributed by atoms with Crippen LogP contribution in [0.25, 0.3) is 0 Å². The zero-order chi connectivity index (χ0) is 29.5. The van der Waals surface area contributed by atoms with Crippen LogP contribution in [0.4, 0.5) is 0 Å². The Kier molecular flexibility index (Phi) is 9.41. The Hall–Kier alpha value is -4.64. The van der Waals surface area contributed by atoms with Gasteiger partial charge in [0.15, 0.2) is 18.1 Å². The van der Waals surface area contributed by atoms with Crippen LogP contribution in [0, 0.1) is 31.1 Å². The molecule has 0 bridgehead atoms. The monoisotopic (exact) mass is 556 g/mol. The first-order chi connectivity index (χ1) is 19.7. The molecule has 0 radical (unpaired) electrons. The number of hydrogen-bond acceptors (Lipinski definition) is 8. The first kappa shape index (κ1) is 29.3. The number of carbonyl (C=O) groups is 1. The lowest BCUT2D eigenvalue weighted by atomic mass is 9.83. The summed E-state index contributed by atoms with van der Waals surface area (Å²) in [6.07, 6.45) is 0.920. The summed E-state index contributed by atoms with van der Waals surface area (Å²) in [6.45, 7) is 10.9. The van der Waals surface area contributed by atoms with E-state index in [1.54, 1.807) is 18.2 Å². The topological polar surface area (TPSA) is 113 Å². The van der Waals surface area contributed by atoms with Crippen molar-refractivity contribution in [2.75, 3.05) is 19.8 Å². The van der Waals surface area contributed by atoms with E-state index >= 15 is 0 Å². The first-order valence-corrected chi connectivity index (χ1v) is 13.7. The molecule has 3 aromatic carbocycles. The summed E-state index contributed by atoms with van der Waals surface area (Å²) in [6, 6.07) is 18.6. The highest BCUT2D eigenvalue weighted by molar-refractivity contribution is 5.74. The van der Waals surface area contributed by atoms with Gasteiger partial charge in [-0.25, -0.2) is 4.79 Å². The van der Waals surface area contributed by atoms with Gasteiger partial charge in [0.05, 0.1) is 19.1 Å². The molecule has 0 spiro atoms. The summed E-state index contributed by atoms with van der Waals surface area (Å²) in [5.41, 5.74) is 10.0. The molecular formula is C33H36N2O6. The first-order valence-electron chi connectivity index (χ1n) is 13.7. The van der Waals surface area contributed by atoms with Gasteiger partial charge in [-0.2, -0.15) is 5.26 Å². The third kappa shape index (κ3) is 7.31. The van der Waals surface area contributed by atoms with E-state index < -0.39 is 11.9 Å². The molecule has 0 saturated heterocycles. The highest BCUT2D eigenvalue weighted by atomic mass is 16.6. The Bertz CT molecular complexity index is 1470. The van der Waals surface area contributed by atoms with Crippen molar-refractivity contribution in [1.29, 1.82) is 5.26 Å². The van der Waals surface area contributed by atoms with E-state index in [2.05, 4.69) is 19.9 Å². The minimum atomic E-state index is -0.563. The molecule has 2 N–H and O–H groups in total. The SMILES string of the molecule is CCOc1cc(C2C(C#N)=C(N)Oc3cc(OC(=O)COc4cc(C)cc(C)c4)ccc32)ccc1OCCC(C)C. The normalized spacial score (nSPS) is 14.1. The molecule has 4 rings (SSSR count). The van der Waals surface area contributed by atoms with Gasteiger partial charge in [0.25, 0.3) is 0 Å². The second-order valence-electron chi connectivity index (χ2n) is 10.4. The average Bonchev–Trinajstić information content (AvgIpc) is 2.91. The van der Waals surface area contributed by atoms with Crippen LogP contribution in [0.3, 0.4) is 0 Å². The Labute approximate surface area is 241 Å². The summed E-state index contributed by atoms with van der Waals surface area (Å²) in [7, 11) is 0. The van der Waals surface area contributed by atoms with Crippen LogP contribution in [-0.2, 0) is 4.79 Å². The van der Waals surface area contributed by atoms with Crippen molar-refractivity contribution in [3.63, 3.8) is 0 Å². The predicted octanol–water partition coefficient (Wildman–Crippen LogP) is 6.33. The zero-order valence-electron chi connectivity index (χ0n) is 24.2. The second kappa shape index (κ2) is 13.1. The number of nitriles is 1. The highest BCUT2D eigenvalue weighted by Gasteiger charge is 2.32. The molecule has 0 fully saturated rings. The molecule has 0 saturated carbocycles. The van der Waals surface area contributed by atoms with Gasteiger partial charge in [0.2, 0.25) is 5.88 Å². The minimum Gasteiger partial charge on any atom is -0.490 e. The maximum absolute atomic E-state index is 12.5. The van der Waals surface area contributed by atoms with Crippen LogP contribution in [0.1, 0.15) is 55.4 Å². The van der Waals surface area contributed by atoms with Crippen molar-refractivity contribution in [2.24, 2.45) is 11.7 Å². The number of esters is 1. The third-order valence-corrected chi connectivity index (χ3v) is 6.53. The van der Waals surface area contributed by atoms with Gasteiger partial charge in [-0.15, -0.1) is 0 Å². The molecule has 0 aliphatic carbocycles. The standard InChI is InChI=1S/C33H36N2O6/c1-6-37-30-16-23(7-10-28(30)38-12-11-20(2)3)32-26-9-8-24(17-29(26)41-33(35)27(32)18-34)40-31(36)19-39-25-14-21(4)13-22(5)15-25/h7-10,13-17,20,32H,6,11-12,19,35H2,1-5H3. The molecular weight excluding hydrogens is 520 g/mol. The number of nitrogens with zero attached hydrogens (tertiary/aromatic N) is 1. The van der Waals surface area contributed by atoms with Crippen LogP contribution in [0.5, 0.6) is 28.7 Å². The lowest BCUT2D eigenvalue weighted by molar-refractivity contribution is -0.136. The maximum atomic E-state index is 12.5. The smallest absolute Gasteiger partial charge is 0.349 e. The number of ether oxygens (including phenoxy) is 5. The molecule has 41 heavy (non-hydrogen) atoms. The third-order valence-electron chi connectivity index (χ3n) is 6.53. The van der Waals surface area contributed by atoms with E-state index in [1.165, 1.54) is 0 Å². The molecule has 1 aliphatic rings. The van der Waals surface area contributed by atoms with Crippen molar-refractivity contribution in [2.45, 2.75) is 47.0 Å². The van der Waals surface area contributed by atoms with E-state index in [1.807, 2.05) is 57.2 Å². The number of nitrogens with two attached hydrogens (primary N) is 1. The van der Waals surface area contributed by atoms with Gasteiger partial charge in [-0.3, -0.25) is 0 Å². The Balaban J connectivity index is 1.56. The Morgan fingerprint density at radius 3 is 2.41 bits per heavy atom. The van der Waals surface area contributed by atoms with Gasteiger partial charge in [0.1, 0.15) is 28.9 Å². The minimum absolute atomic E-state index is 0.0122. The van der Waals surface area contributed by atoms with Gasteiger partial charge in [-0.1, -0.05) is 32.0 Å². The molecule has 0 aromatic heterocycles. The van der Waals surface area contributed by atoms with Crippen LogP contribution in [0.2, 0.25) is 0 Å². The molecule has 8 nitrogen and oxygen atoms in total. The molecule has 1 unspecified atom stereocenters. The zero-order valence-corrected chi connectivity index (χ0v) is 24.2. The number of rotatable bonds is 11. The van der Waals surface area contributed by atoms with Gasteiger partial charge < -0.3 is 29.4 Å². The molecule has 1 aliphatic heterocycles. The van der Waals surface area contributed by atoms with Crippen molar-refractivity contribution in [3.05, 3.63) is 88.3 Å². The van der Waals surface area contributed by atoms with Crippen LogP contribution in [0.15, 0.2) is 66.1 Å². The predicted molar refractivity (Wildman–Crippen MR) is 155 cm³/mol. The van der Waals surface area contributed by atoms with Gasteiger partial charge in [0, 0.05) is 11.6 Å². The lowest BCUT2D eigenvalue weighted by Gasteiger charge is -2.27. The number of hydrogen-bond donors (Lipinski definition) is 1. The second-order valence-corrected chi connectivity index (χ2v) is 10.4. The average molecular weight is 557 g/mol. The molecule has 3 aromatic rings. The molecule has 0 amide bonds. The summed E-state index contributed by atoms with van der Waals surface area (Å²) in [4.78, 5) is 12.5. The molecule has 1 atom stereocenters. The van der Waals surface area contributed by atoms with Crippen molar-refractivity contribution < 1.29 is 28.5 Å². The fourth-order valence-corrected chi connectivity index (χ4v) is 4.66. The molecule has 1 heterocycles. The number of carbonyl (C=O) groups excluding carboxylic acids is 1. The van der Waals surface area contributed by atoms with E-state index in [0.717, 1.165) is 23.1 Å². The molecule has 214 valence electrons. The highest BCUT2D eigenvalue weighted by Crippen LogP contribution is 2.45. The fourth-order valence-electron chi connectivity index (χ4n) is 4.66. The summed E-state index contributed by atoms with van der Waals surface area (Å²) >= 11 is 0. The van der Waals surface area contributed by atoms with Crippen LogP contribution >= 0.6 is 0 Å². The quantitative estimate of drug-likeness (QED) is 0.215. The summed E-state index contributed by atoms with van der Waals surface area (Å²) < 4.78 is 28.8. The Morgan fingerprint density at radius 1 is 0.976 bits per heavy atom. The maximum Gasteiger partial charge on any atom is 0.349 e. The van der Waals surface area contributed by atoms with E-state index in [0.29, 0.717) is 47.7 Å². The van der Waals surface area contributed by atoms with Gasteiger partial charge in [-0.05, 0) is 80.1 Å². The number of benzene rings is 3. The summed E-state index contributed by atoms with van der Waals surface area (Å²) in [5, 5.41) is 9.97.